The first kappa shape index (κ1) is 19.8. The average molecular weight is 362 g/mol. The molecule has 0 fully saturated rings. The number of alkyl halides is 7. The van der Waals surface area contributed by atoms with Gasteiger partial charge in [-0.15, -0.1) is 0 Å². The molecule has 3 atom stereocenters. The van der Waals surface area contributed by atoms with E-state index in [9.17, 15) is 35.5 Å². The zero-order chi connectivity index (χ0) is 17.6. The van der Waals surface area contributed by atoms with E-state index < -0.39 is 48.2 Å². The molecule has 3 unspecified atom stereocenters. The van der Waals surface area contributed by atoms with Gasteiger partial charge in [-0.1, -0.05) is 42.1 Å². The summed E-state index contributed by atoms with van der Waals surface area (Å²) >= 11 is 0.450. The monoisotopic (exact) mass is 362 g/mol. The standard InChI is InChI=1S/C14H13F7OS/c15-9(10(16)12(18)19)11(17)14(20,21)6-7-23-13(22)8-4-2-1-3-5-8/h1-5,9-12H,6-7H2. The van der Waals surface area contributed by atoms with Gasteiger partial charge >= 0.3 is 0 Å². The van der Waals surface area contributed by atoms with Crippen LogP contribution in [0.1, 0.15) is 16.8 Å². The van der Waals surface area contributed by atoms with Gasteiger partial charge < -0.3 is 0 Å². The fourth-order valence-electron chi connectivity index (χ4n) is 1.61. The number of halogens is 7. The summed E-state index contributed by atoms with van der Waals surface area (Å²) in [4.78, 5) is 11.6. The molecule has 0 aliphatic rings. The van der Waals surface area contributed by atoms with Gasteiger partial charge in [0.1, 0.15) is 0 Å². The van der Waals surface area contributed by atoms with Crippen molar-refractivity contribution in [2.24, 2.45) is 0 Å². The molecule has 0 heterocycles. The van der Waals surface area contributed by atoms with Gasteiger partial charge in [-0.2, -0.15) is 0 Å². The molecule has 130 valence electrons. The molecular weight excluding hydrogens is 349 g/mol. The van der Waals surface area contributed by atoms with Crippen LogP contribution in [-0.2, 0) is 0 Å². The van der Waals surface area contributed by atoms with E-state index in [1.54, 1.807) is 18.2 Å². The molecule has 0 aliphatic carbocycles. The van der Waals surface area contributed by atoms with Crippen molar-refractivity contribution in [1.29, 1.82) is 0 Å². The van der Waals surface area contributed by atoms with Crippen LogP contribution in [0.15, 0.2) is 30.3 Å². The van der Waals surface area contributed by atoms with Crippen molar-refractivity contribution >= 4 is 16.9 Å². The Balaban J connectivity index is 2.53. The minimum Gasteiger partial charge on any atom is -0.282 e. The van der Waals surface area contributed by atoms with Gasteiger partial charge in [-0.05, 0) is 0 Å². The first-order chi connectivity index (χ1) is 10.7. The van der Waals surface area contributed by atoms with Crippen molar-refractivity contribution in [1.82, 2.24) is 0 Å². The van der Waals surface area contributed by atoms with Crippen molar-refractivity contribution in [3.63, 3.8) is 0 Å². The normalized spacial score (nSPS) is 16.2. The number of hydrogen-bond donors (Lipinski definition) is 0. The lowest BCUT2D eigenvalue weighted by Gasteiger charge is -2.24. The van der Waals surface area contributed by atoms with Crippen molar-refractivity contribution < 1.29 is 35.5 Å². The number of carbonyl (C=O) groups is 1. The number of hydrogen-bond acceptors (Lipinski definition) is 2. The molecule has 1 aromatic rings. The highest BCUT2D eigenvalue weighted by Gasteiger charge is 2.50. The Morgan fingerprint density at radius 3 is 2.09 bits per heavy atom. The largest absolute Gasteiger partial charge is 0.282 e. The van der Waals surface area contributed by atoms with E-state index in [1.165, 1.54) is 12.1 Å². The molecule has 0 saturated heterocycles. The number of benzene rings is 1. The lowest BCUT2D eigenvalue weighted by Crippen LogP contribution is -2.44. The summed E-state index contributed by atoms with van der Waals surface area (Å²) in [6.45, 7) is 0. The molecule has 0 aliphatic heterocycles. The predicted octanol–water partition coefficient (Wildman–Crippen LogP) is 4.86. The summed E-state index contributed by atoms with van der Waals surface area (Å²) in [5, 5.41) is -0.551. The fourth-order valence-corrected chi connectivity index (χ4v) is 2.47. The molecule has 0 radical (unpaired) electrons. The summed E-state index contributed by atoms with van der Waals surface area (Å²) in [6.07, 6.45) is -16.2. The van der Waals surface area contributed by atoms with Crippen molar-refractivity contribution in [2.75, 3.05) is 5.75 Å². The Hall–Kier alpha value is -1.25. The van der Waals surface area contributed by atoms with Crippen molar-refractivity contribution in [2.45, 2.75) is 37.3 Å². The Morgan fingerprint density at radius 1 is 1.00 bits per heavy atom. The van der Waals surface area contributed by atoms with Gasteiger partial charge in [0.2, 0.25) is 5.12 Å². The maximum absolute atomic E-state index is 13.4. The van der Waals surface area contributed by atoms with Gasteiger partial charge in [0.25, 0.3) is 12.3 Å². The fraction of sp³-hybridized carbons (Fsp3) is 0.500. The Bertz CT molecular complexity index is 497. The van der Waals surface area contributed by atoms with Crippen LogP contribution in [0.5, 0.6) is 0 Å². The number of carbonyl (C=O) groups excluding carboxylic acids is 1. The molecule has 0 saturated carbocycles. The van der Waals surface area contributed by atoms with E-state index in [0.29, 0.717) is 11.8 Å². The van der Waals surface area contributed by atoms with E-state index >= 15 is 0 Å². The van der Waals surface area contributed by atoms with Crippen LogP contribution in [-0.4, -0.2) is 41.7 Å². The minimum atomic E-state index is -4.36. The summed E-state index contributed by atoms with van der Waals surface area (Å²) < 4.78 is 89.4. The highest BCUT2D eigenvalue weighted by atomic mass is 32.2. The molecular formula is C14H13F7OS. The topological polar surface area (TPSA) is 17.1 Å². The Labute approximate surface area is 132 Å². The summed E-state index contributed by atoms with van der Waals surface area (Å²) in [6, 6.07) is 7.64. The Morgan fingerprint density at radius 2 is 1.57 bits per heavy atom. The summed E-state index contributed by atoms with van der Waals surface area (Å²) in [7, 11) is 0. The summed E-state index contributed by atoms with van der Waals surface area (Å²) in [5.74, 6) is -4.93. The molecule has 0 aromatic heterocycles. The lowest BCUT2D eigenvalue weighted by molar-refractivity contribution is -0.127. The second-order valence-electron chi connectivity index (χ2n) is 4.64. The molecule has 0 bridgehead atoms. The second kappa shape index (κ2) is 8.56. The van der Waals surface area contributed by atoms with E-state index in [4.69, 9.17) is 0 Å². The van der Waals surface area contributed by atoms with Gasteiger partial charge in [-0.3, -0.25) is 4.79 Å². The average Bonchev–Trinajstić information content (AvgIpc) is 2.53. The SMILES string of the molecule is O=C(SCCC(F)(F)C(F)C(F)C(F)C(F)F)c1ccccc1. The van der Waals surface area contributed by atoms with E-state index in [1.807, 2.05) is 0 Å². The highest BCUT2D eigenvalue weighted by Crippen LogP contribution is 2.33. The molecule has 1 rings (SSSR count). The van der Waals surface area contributed by atoms with E-state index in [0.717, 1.165) is 0 Å². The molecule has 0 amide bonds. The van der Waals surface area contributed by atoms with Crippen molar-refractivity contribution in [3.05, 3.63) is 35.9 Å². The molecule has 1 nitrogen and oxygen atoms in total. The first-order valence-corrected chi connectivity index (χ1v) is 7.45. The number of thioether (sulfide) groups is 1. The van der Waals surface area contributed by atoms with Crippen LogP contribution < -0.4 is 0 Å². The molecule has 9 heteroatoms. The quantitative estimate of drug-likeness (QED) is 0.614. The molecule has 23 heavy (non-hydrogen) atoms. The third-order valence-corrected chi connectivity index (χ3v) is 3.81. The van der Waals surface area contributed by atoms with Crippen LogP contribution in [0.3, 0.4) is 0 Å². The van der Waals surface area contributed by atoms with Crippen molar-refractivity contribution in [3.8, 4) is 0 Å². The predicted molar refractivity (Wildman–Crippen MR) is 73.5 cm³/mol. The molecule has 0 N–H and O–H groups in total. The molecule has 1 aromatic carbocycles. The van der Waals surface area contributed by atoms with Gasteiger partial charge in [-0.25, -0.2) is 30.7 Å². The van der Waals surface area contributed by atoms with Gasteiger partial charge in [0, 0.05) is 17.7 Å². The van der Waals surface area contributed by atoms with Crippen LogP contribution in [0.2, 0.25) is 0 Å². The van der Waals surface area contributed by atoms with Gasteiger partial charge in [0.15, 0.2) is 18.5 Å². The minimum absolute atomic E-state index is 0.238. The third-order valence-electron chi connectivity index (χ3n) is 2.91. The van der Waals surface area contributed by atoms with E-state index in [-0.39, 0.29) is 5.56 Å². The number of rotatable bonds is 8. The zero-order valence-electron chi connectivity index (χ0n) is 11.6. The van der Waals surface area contributed by atoms with Crippen LogP contribution in [0, 0.1) is 0 Å². The maximum atomic E-state index is 13.4. The third kappa shape index (κ3) is 5.71. The Kier molecular flexibility index (Phi) is 7.37. The maximum Gasteiger partial charge on any atom is 0.282 e. The second-order valence-corrected chi connectivity index (χ2v) is 5.71. The van der Waals surface area contributed by atoms with E-state index in [2.05, 4.69) is 0 Å². The summed E-state index contributed by atoms with van der Waals surface area (Å²) in [5.41, 5.74) is 0.238. The molecule has 0 spiro atoms. The zero-order valence-corrected chi connectivity index (χ0v) is 12.4. The first-order valence-electron chi connectivity index (χ1n) is 6.47. The van der Waals surface area contributed by atoms with Crippen LogP contribution in [0.25, 0.3) is 0 Å². The lowest BCUT2D eigenvalue weighted by atomic mass is 10.0. The smallest absolute Gasteiger partial charge is 0.282 e. The van der Waals surface area contributed by atoms with Crippen LogP contribution in [0.4, 0.5) is 30.7 Å². The van der Waals surface area contributed by atoms with Gasteiger partial charge in [0.05, 0.1) is 0 Å². The highest BCUT2D eigenvalue weighted by molar-refractivity contribution is 8.14. The van der Waals surface area contributed by atoms with Crippen LogP contribution >= 0.6 is 11.8 Å².